The zero-order valence-electron chi connectivity index (χ0n) is 23.7. The summed E-state index contributed by atoms with van der Waals surface area (Å²) in [5, 5.41) is 6.04. The number of likely N-dealkylation sites (N-methyl/N-ethyl adjacent to an activating group) is 2. The lowest BCUT2D eigenvalue weighted by Crippen LogP contribution is -2.36. The van der Waals surface area contributed by atoms with Crippen molar-refractivity contribution < 1.29 is 9.59 Å². The van der Waals surface area contributed by atoms with E-state index in [2.05, 4.69) is 48.1 Å². The molecule has 2 amide bonds. The van der Waals surface area contributed by atoms with Gasteiger partial charge in [0, 0.05) is 37.3 Å². The van der Waals surface area contributed by atoms with Crippen molar-refractivity contribution in [1.29, 1.82) is 0 Å². The van der Waals surface area contributed by atoms with Gasteiger partial charge in [0.25, 0.3) is 11.8 Å². The molecule has 0 radical (unpaired) electrons. The Balaban J connectivity index is 2.31. The fourth-order valence-electron chi connectivity index (χ4n) is 4.37. The van der Waals surface area contributed by atoms with Crippen LogP contribution >= 0.6 is 0 Å². The van der Waals surface area contributed by atoms with Crippen molar-refractivity contribution in [2.24, 2.45) is 0 Å². The van der Waals surface area contributed by atoms with E-state index in [0.29, 0.717) is 24.2 Å². The fraction of sp³-hybridized carbons (Fsp3) is 0.733. The highest BCUT2D eigenvalue weighted by atomic mass is 16.2. The molecule has 1 aromatic rings. The highest BCUT2D eigenvalue weighted by Crippen LogP contribution is 2.07. The number of unbranched alkanes of at least 4 members (excludes halogenated alkanes) is 8. The molecule has 0 heterocycles. The lowest BCUT2D eigenvalue weighted by Gasteiger charge is -2.20. The Bertz CT molecular complexity index is 634. The lowest BCUT2D eigenvalue weighted by molar-refractivity contribution is 0.0936. The molecule has 6 nitrogen and oxygen atoms in total. The van der Waals surface area contributed by atoms with Gasteiger partial charge < -0.3 is 20.4 Å². The smallest absolute Gasteiger partial charge is 0.251 e. The maximum atomic E-state index is 12.5. The van der Waals surface area contributed by atoms with E-state index >= 15 is 0 Å². The lowest BCUT2D eigenvalue weighted by atomic mass is 10.1. The molecule has 0 spiro atoms. The number of carbonyl (C=O) groups excluding carboxylic acids is 2. The van der Waals surface area contributed by atoms with E-state index in [1.165, 1.54) is 64.2 Å². The van der Waals surface area contributed by atoms with Gasteiger partial charge in [-0.1, -0.05) is 79.1 Å². The molecule has 0 aliphatic heterocycles. The number of rotatable bonds is 22. The summed E-state index contributed by atoms with van der Waals surface area (Å²) >= 11 is 0. The Morgan fingerprint density at radius 1 is 0.556 bits per heavy atom. The van der Waals surface area contributed by atoms with Crippen LogP contribution in [-0.4, -0.2) is 74.0 Å². The Morgan fingerprint density at radius 2 is 0.917 bits per heavy atom. The summed E-state index contributed by atoms with van der Waals surface area (Å²) in [7, 11) is 0. The van der Waals surface area contributed by atoms with Gasteiger partial charge in [-0.25, -0.2) is 0 Å². The van der Waals surface area contributed by atoms with Crippen molar-refractivity contribution >= 4 is 11.8 Å². The third kappa shape index (κ3) is 14.6. The quantitative estimate of drug-likeness (QED) is 0.199. The van der Waals surface area contributed by atoms with Crippen LogP contribution in [-0.2, 0) is 0 Å². The second-order valence-corrected chi connectivity index (χ2v) is 9.79. The number of carbonyl (C=O) groups is 2. The third-order valence-electron chi connectivity index (χ3n) is 6.89. The molecule has 0 bridgehead atoms. The van der Waals surface area contributed by atoms with E-state index in [-0.39, 0.29) is 11.8 Å². The van der Waals surface area contributed by atoms with E-state index < -0.39 is 0 Å². The van der Waals surface area contributed by atoms with Crippen LogP contribution in [0, 0.1) is 0 Å². The van der Waals surface area contributed by atoms with E-state index in [4.69, 9.17) is 0 Å². The van der Waals surface area contributed by atoms with E-state index in [0.717, 1.165) is 39.3 Å². The second-order valence-electron chi connectivity index (χ2n) is 9.79. The molecule has 0 aromatic heterocycles. The molecule has 0 saturated carbocycles. The maximum Gasteiger partial charge on any atom is 0.251 e. The molecule has 1 aromatic carbocycles. The van der Waals surface area contributed by atoms with Gasteiger partial charge in [-0.3, -0.25) is 9.59 Å². The van der Waals surface area contributed by atoms with Crippen molar-refractivity contribution in [3.05, 3.63) is 35.4 Å². The van der Waals surface area contributed by atoms with Crippen LogP contribution in [0.1, 0.15) is 113 Å². The van der Waals surface area contributed by atoms with E-state index in [1.54, 1.807) is 24.3 Å². The predicted molar refractivity (Wildman–Crippen MR) is 153 cm³/mol. The minimum atomic E-state index is -0.0847. The van der Waals surface area contributed by atoms with Crippen molar-refractivity contribution in [2.45, 2.75) is 91.9 Å². The SMILES string of the molecule is CCCCCCCN(CC)CCNC(=O)c1ccc(C(=O)NCCN(CC)CCCCCCC)cc1. The summed E-state index contributed by atoms with van der Waals surface area (Å²) in [4.78, 5) is 29.8. The zero-order chi connectivity index (χ0) is 26.4. The monoisotopic (exact) mass is 502 g/mol. The topological polar surface area (TPSA) is 64.7 Å². The third-order valence-corrected chi connectivity index (χ3v) is 6.89. The van der Waals surface area contributed by atoms with Crippen LogP contribution in [0.25, 0.3) is 0 Å². The highest BCUT2D eigenvalue weighted by molar-refractivity contribution is 5.97. The summed E-state index contributed by atoms with van der Waals surface area (Å²) in [6.45, 7) is 16.0. The van der Waals surface area contributed by atoms with Gasteiger partial charge >= 0.3 is 0 Å². The summed E-state index contributed by atoms with van der Waals surface area (Å²) in [6.07, 6.45) is 12.8. The first kappa shape index (κ1) is 32.1. The molecule has 0 saturated heterocycles. The van der Waals surface area contributed by atoms with Crippen LogP contribution in [0.3, 0.4) is 0 Å². The van der Waals surface area contributed by atoms with E-state index in [1.807, 2.05) is 0 Å². The summed E-state index contributed by atoms with van der Waals surface area (Å²) < 4.78 is 0. The van der Waals surface area contributed by atoms with Crippen LogP contribution in [0.5, 0.6) is 0 Å². The van der Waals surface area contributed by atoms with Gasteiger partial charge in [0.05, 0.1) is 0 Å². The molecule has 36 heavy (non-hydrogen) atoms. The minimum absolute atomic E-state index is 0.0847. The molecule has 0 unspecified atom stereocenters. The minimum Gasteiger partial charge on any atom is -0.351 e. The Labute approximate surface area is 221 Å². The summed E-state index contributed by atoms with van der Waals surface area (Å²) in [5.41, 5.74) is 1.18. The number of benzene rings is 1. The molecule has 0 fully saturated rings. The van der Waals surface area contributed by atoms with E-state index in [9.17, 15) is 9.59 Å². The number of amides is 2. The van der Waals surface area contributed by atoms with Crippen molar-refractivity contribution in [2.75, 3.05) is 52.4 Å². The Morgan fingerprint density at radius 3 is 1.25 bits per heavy atom. The Hall–Kier alpha value is -1.92. The predicted octanol–water partition coefficient (Wildman–Crippen LogP) is 5.73. The zero-order valence-corrected chi connectivity index (χ0v) is 23.7. The van der Waals surface area contributed by atoms with Crippen molar-refractivity contribution in [3.63, 3.8) is 0 Å². The van der Waals surface area contributed by atoms with Crippen LogP contribution in [0.15, 0.2) is 24.3 Å². The van der Waals surface area contributed by atoms with Crippen LogP contribution in [0.4, 0.5) is 0 Å². The number of nitrogens with one attached hydrogen (secondary N) is 2. The maximum absolute atomic E-state index is 12.5. The van der Waals surface area contributed by atoms with Crippen LogP contribution < -0.4 is 10.6 Å². The molecule has 0 atom stereocenters. The molecule has 0 aliphatic carbocycles. The molecule has 2 N–H and O–H groups in total. The van der Waals surface area contributed by atoms with Gasteiger partial charge in [0.2, 0.25) is 0 Å². The van der Waals surface area contributed by atoms with Gasteiger partial charge in [-0.15, -0.1) is 0 Å². The number of hydrogen-bond acceptors (Lipinski definition) is 4. The van der Waals surface area contributed by atoms with Crippen LogP contribution in [0.2, 0.25) is 0 Å². The Kier molecular flexibility index (Phi) is 18.9. The van der Waals surface area contributed by atoms with Gasteiger partial charge in [-0.05, 0) is 63.3 Å². The molecule has 6 heteroatoms. The van der Waals surface area contributed by atoms with Gasteiger partial charge in [-0.2, -0.15) is 0 Å². The van der Waals surface area contributed by atoms with Crippen molar-refractivity contribution in [1.82, 2.24) is 20.4 Å². The molecule has 206 valence electrons. The first-order chi connectivity index (χ1) is 17.5. The average molecular weight is 503 g/mol. The molecule has 0 aliphatic rings. The molecular weight excluding hydrogens is 448 g/mol. The van der Waals surface area contributed by atoms with Gasteiger partial charge in [0.15, 0.2) is 0 Å². The fourth-order valence-corrected chi connectivity index (χ4v) is 4.37. The number of hydrogen-bond donors (Lipinski definition) is 2. The highest BCUT2D eigenvalue weighted by Gasteiger charge is 2.10. The van der Waals surface area contributed by atoms with Crippen molar-refractivity contribution in [3.8, 4) is 0 Å². The molecular formula is C30H54N4O2. The number of nitrogens with zero attached hydrogens (tertiary/aromatic N) is 2. The summed E-state index contributed by atoms with van der Waals surface area (Å²) in [5.74, 6) is -0.169. The standard InChI is InChI=1S/C30H54N4O2/c1-5-9-11-13-15-23-33(7-3)25-21-31-29(35)27-17-19-28(20-18-27)30(36)32-22-26-34(8-4)24-16-14-12-10-6-2/h17-20H,5-16,21-26H2,1-4H3,(H,31,35)(H,32,36). The average Bonchev–Trinajstić information content (AvgIpc) is 2.90. The van der Waals surface area contributed by atoms with Gasteiger partial charge in [0.1, 0.15) is 0 Å². The second kappa shape index (κ2) is 21.2. The first-order valence-corrected chi connectivity index (χ1v) is 14.7. The summed E-state index contributed by atoms with van der Waals surface area (Å²) in [6, 6.07) is 6.96. The first-order valence-electron chi connectivity index (χ1n) is 14.7. The molecule has 1 rings (SSSR count). The largest absolute Gasteiger partial charge is 0.351 e. The normalized spacial score (nSPS) is 11.3.